The minimum Gasteiger partial charge on any atom is -0.207 e. The number of hydrogen-bond acceptors (Lipinski definition) is 2. The minimum atomic E-state index is -3.45. The molecule has 114 valence electrons. The van der Waals surface area contributed by atoms with Crippen LogP contribution >= 0.6 is 11.6 Å². The van der Waals surface area contributed by atoms with Crippen LogP contribution in [-0.2, 0) is 15.9 Å². The van der Waals surface area contributed by atoms with E-state index in [1.807, 2.05) is 19.9 Å². The van der Waals surface area contributed by atoms with Crippen LogP contribution in [0.1, 0.15) is 37.0 Å². The molecule has 1 aromatic carbocycles. The van der Waals surface area contributed by atoms with Crippen molar-refractivity contribution in [2.24, 2.45) is 5.92 Å². The first-order valence-corrected chi connectivity index (χ1v) is 8.83. The molecule has 0 heterocycles. The first kappa shape index (κ1) is 17.5. The smallest absolute Gasteiger partial charge is 0.207 e. The van der Waals surface area contributed by atoms with Gasteiger partial charge in [-0.15, -0.1) is 11.6 Å². The van der Waals surface area contributed by atoms with Gasteiger partial charge in [0.15, 0.2) is 0 Å². The fraction of sp³-hybridized carbons (Fsp3) is 0.600. The van der Waals surface area contributed by atoms with Crippen LogP contribution in [0.4, 0.5) is 0 Å². The van der Waals surface area contributed by atoms with Crippen LogP contribution in [0.2, 0.25) is 0 Å². The molecule has 0 saturated heterocycles. The minimum absolute atomic E-state index is 0.323. The Morgan fingerprint density at radius 3 is 2.35 bits per heavy atom. The molecule has 0 aliphatic heterocycles. The van der Waals surface area contributed by atoms with Crippen molar-refractivity contribution in [2.45, 2.75) is 44.9 Å². The molecule has 1 unspecified atom stereocenters. The van der Waals surface area contributed by atoms with Crippen molar-refractivity contribution in [1.82, 2.24) is 4.31 Å². The Bertz CT molecular complexity index is 569. The maximum Gasteiger partial charge on any atom is 0.243 e. The second-order valence-corrected chi connectivity index (χ2v) is 7.76. The van der Waals surface area contributed by atoms with E-state index in [0.29, 0.717) is 23.2 Å². The van der Waals surface area contributed by atoms with Gasteiger partial charge in [-0.3, -0.25) is 0 Å². The Balaban J connectivity index is 3.21. The van der Waals surface area contributed by atoms with Crippen molar-refractivity contribution in [3.05, 3.63) is 28.8 Å². The van der Waals surface area contributed by atoms with Crippen LogP contribution in [-0.4, -0.2) is 26.3 Å². The Hall–Kier alpha value is -0.580. The Kier molecular flexibility index (Phi) is 6.05. The maximum absolute atomic E-state index is 12.7. The average Bonchev–Trinajstić information content (AvgIpc) is 2.38. The molecule has 1 aromatic rings. The lowest BCUT2D eigenvalue weighted by Crippen LogP contribution is -2.31. The van der Waals surface area contributed by atoms with E-state index in [9.17, 15) is 8.42 Å². The summed E-state index contributed by atoms with van der Waals surface area (Å²) in [4.78, 5) is 0.365. The molecule has 0 aliphatic carbocycles. The highest BCUT2D eigenvalue weighted by Crippen LogP contribution is 2.24. The molecule has 1 atom stereocenters. The third-order valence-corrected chi connectivity index (χ3v) is 5.98. The molecule has 5 heteroatoms. The summed E-state index contributed by atoms with van der Waals surface area (Å²) in [7, 11) is -1.81. The van der Waals surface area contributed by atoms with Crippen molar-refractivity contribution >= 4 is 21.6 Å². The third kappa shape index (κ3) is 3.74. The van der Waals surface area contributed by atoms with Gasteiger partial charge in [0.1, 0.15) is 0 Å². The normalized spacial score (nSPS) is 13.8. The molecule has 0 amide bonds. The average molecular weight is 318 g/mol. The van der Waals surface area contributed by atoms with Crippen LogP contribution in [0.3, 0.4) is 0 Å². The van der Waals surface area contributed by atoms with Crippen LogP contribution in [0.15, 0.2) is 17.0 Å². The van der Waals surface area contributed by atoms with Crippen molar-refractivity contribution in [1.29, 1.82) is 0 Å². The zero-order valence-electron chi connectivity index (χ0n) is 12.9. The zero-order chi connectivity index (χ0) is 15.5. The molecule has 0 fully saturated rings. The molecule has 20 heavy (non-hydrogen) atoms. The van der Waals surface area contributed by atoms with E-state index >= 15 is 0 Å². The van der Waals surface area contributed by atoms with Gasteiger partial charge in [0.05, 0.1) is 4.90 Å². The highest BCUT2D eigenvalue weighted by Gasteiger charge is 2.24. The summed E-state index contributed by atoms with van der Waals surface area (Å²) in [6.45, 7) is 8.42. The molecular weight excluding hydrogens is 294 g/mol. The number of alkyl halides is 1. The zero-order valence-corrected chi connectivity index (χ0v) is 14.5. The molecule has 3 nitrogen and oxygen atoms in total. The van der Waals surface area contributed by atoms with Gasteiger partial charge < -0.3 is 0 Å². The van der Waals surface area contributed by atoms with E-state index < -0.39 is 10.0 Å². The quantitative estimate of drug-likeness (QED) is 0.750. The number of sulfonamides is 1. The predicted molar refractivity (Wildman–Crippen MR) is 84.7 cm³/mol. The molecule has 1 rings (SSSR count). The summed E-state index contributed by atoms with van der Waals surface area (Å²) in [5.74, 6) is 0.664. The summed E-state index contributed by atoms with van der Waals surface area (Å²) in [6, 6.07) is 3.60. The fourth-order valence-corrected chi connectivity index (χ4v) is 3.96. The van der Waals surface area contributed by atoms with E-state index in [1.54, 1.807) is 13.1 Å². The fourth-order valence-electron chi connectivity index (χ4n) is 2.13. The molecular formula is C15H24ClNO2S. The number of rotatable bonds is 6. The summed E-state index contributed by atoms with van der Waals surface area (Å²) >= 11 is 5.88. The van der Waals surface area contributed by atoms with Crippen LogP contribution in [0.25, 0.3) is 0 Å². The first-order valence-electron chi connectivity index (χ1n) is 6.86. The molecule has 0 aromatic heterocycles. The molecule has 0 aliphatic rings. The molecule has 0 N–H and O–H groups in total. The largest absolute Gasteiger partial charge is 0.243 e. The first-order chi connectivity index (χ1) is 9.23. The Morgan fingerprint density at radius 2 is 1.85 bits per heavy atom. The van der Waals surface area contributed by atoms with Gasteiger partial charge >= 0.3 is 0 Å². The van der Waals surface area contributed by atoms with E-state index in [0.717, 1.165) is 23.1 Å². The van der Waals surface area contributed by atoms with E-state index in [4.69, 9.17) is 11.6 Å². The van der Waals surface area contributed by atoms with Gasteiger partial charge in [-0.05, 0) is 42.5 Å². The van der Waals surface area contributed by atoms with Gasteiger partial charge in [-0.2, -0.15) is 0 Å². The van der Waals surface area contributed by atoms with Gasteiger partial charge in [0.2, 0.25) is 10.0 Å². The van der Waals surface area contributed by atoms with Gasteiger partial charge in [0, 0.05) is 19.5 Å². The predicted octanol–water partition coefficient (Wildman–Crippen LogP) is 3.71. The van der Waals surface area contributed by atoms with Gasteiger partial charge in [-0.25, -0.2) is 12.7 Å². The standard InChI is InChI=1S/C15H24ClNO2S/c1-6-11(2)10-17(5)20(18,19)15-8-14(9-16)12(3)7-13(15)4/h7-8,11H,6,9-10H2,1-5H3. The number of nitrogens with zero attached hydrogens (tertiary/aromatic N) is 1. The molecule has 0 bridgehead atoms. The van der Waals surface area contributed by atoms with Crippen LogP contribution in [0, 0.1) is 19.8 Å². The summed E-state index contributed by atoms with van der Waals surface area (Å²) in [6.07, 6.45) is 0.958. The van der Waals surface area contributed by atoms with Crippen molar-refractivity contribution in [3.63, 3.8) is 0 Å². The van der Waals surface area contributed by atoms with Gasteiger partial charge in [-0.1, -0.05) is 26.3 Å². The van der Waals surface area contributed by atoms with E-state index in [1.165, 1.54) is 4.31 Å². The monoisotopic (exact) mass is 317 g/mol. The second-order valence-electron chi connectivity index (χ2n) is 5.48. The second kappa shape index (κ2) is 6.92. The summed E-state index contributed by atoms with van der Waals surface area (Å²) in [5, 5.41) is 0. The lowest BCUT2D eigenvalue weighted by atomic mass is 10.1. The van der Waals surface area contributed by atoms with Crippen molar-refractivity contribution in [2.75, 3.05) is 13.6 Å². The van der Waals surface area contributed by atoms with Crippen molar-refractivity contribution in [3.8, 4) is 0 Å². The highest BCUT2D eigenvalue weighted by molar-refractivity contribution is 7.89. The number of hydrogen-bond donors (Lipinski definition) is 0. The number of aryl methyl sites for hydroxylation is 2. The molecule has 0 radical (unpaired) electrons. The van der Waals surface area contributed by atoms with Crippen LogP contribution in [0.5, 0.6) is 0 Å². The summed E-state index contributed by atoms with van der Waals surface area (Å²) < 4.78 is 26.8. The SMILES string of the molecule is CCC(C)CN(C)S(=O)(=O)c1cc(CCl)c(C)cc1C. The maximum atomic E-state index is 12.7. The lowest BCUT2D eigenvalue weighted by molar-refractivity contribution is 0.393. The Morgan fingerprint density at radius 1 is 1.25 bits per heavy atom. The Labute approximate surface area is 128 Å². The van der Waals surface area contributed by atoms with Crippen LogP contribution < -0.4 is 0 Å². The number of halogens is 1. The number of benzene rings is 1. The molecule has 0 spiro atoms. The van der Waals surface area contributed by atoms with Gasteiger partial charge in [0.25, 0.3) is 0 Å². The lowest BCUT2D eigenvalue weighted by Gasteiger charge is -2.22. The van der Waals surface area contributed by atoms with E-state index in [2.05, 4.69) is 13.8 Å². The highest BCUT2D eigenvalue weighted by atomic mass is 35.5. The van der Waals surface area contributed by atoms with Crippen molar-refractivity contribution < 1.29 is 8.42 Å². The van der Waals surface area contributed by atoms with E-state index in [-0.39, 0.29) is 0 Å². The third-order valence-electron chi connectivity index (χ3n) is 3.73. The molecule has 0 saturated carbocycles. The topological polar surface area (TPSA) is 37.4 Å². The summed E-state index contributed by atoms with van der Waals surface area (Å²) in [5.41, 5.74) is 2.67.